The molecule has 0 amide bonds. The molecule has 1 fully saturated rings. The fourth-order valence-corrected chi connectivity index (χ4v) is 2.44. The summed E-state index contributed by atoms with van der Waals surface area (Å²) in [5, 5.41) is 3.62. The summed E-state index contributed by atoms with van der Waals surface area (Å²) in [5.74, 6) is 0.960. The smallest absolute Gasteiger partial charge is 0.0338 e. The van der Waals surface area contributed by atoms with Gasteiger partial charge in [-0.15, -0.1) is 0 Å². The second-order valence-corrected chi connectivity index (χ2v) is 5.11. The van der Waals surface area contributed by atoms with E-state index in [-0.39, 0.29) is 0 Å². The van der Waals surface area contributed by atoms with Gasteiger partial charge in [0.2, 0.25) is 0 Å². The lowest BCUT2D eigenvalue weighted by atomic mass is 9.84. The standard InChI is InChI=1S/C16H27N/c1-5-13(4)12-15(7-3)17-16-10-8-14(6-2)9-11-16/h5,7,12,14,16-17H,3,6,8-11H2,1-2,4H3/b13-5-,15-12+. The molecule has 0 radical (unpaired) electrons. The Kier molecular flexibility index (Phi) is 6.10. The molecule has 0 aliphatic heterocycles. The Labute approximate surface area is 107 Å². The van der Waals surface area contributed by atoms with Gasteiger partial charge in [-0.3, -0.25) is 0 Å². The summed E-state index contributed by atoms with van der Waals surface area (Å²) in [5.41, 5.74) is 2.45. The summed E-state index contributed by atoms with van der Waals surface area (Å²) in [6, 6.07) is 0.645. The lowest BCUT2D eigenvalue weighted by Gasteiger charge is -2.29. The molecule has 0 aromatic rings. The van der Waals surface area contributed by atoms with Crippen molar-refractivity contribution in [1.82, 2.24) is 5.32 Å². The highest BCUT2D eigenvalue weighted by atomic mass is 14.9. The van der Waals surface area contributed by atoms with Crippen LogP contribution in [0.4, 0.5) is 0 Å². The highest BCUT2D eigenvalue weighted by Gasteiger charge is 2.19. The van der Waals surface area contributed by atoms with E-state index in [1.807, 2.05) is 6.08 Å². The van der Waals surface area contributed by atoms with Crippen molar-refractivity contribution in [2.24, 2.45) is 5.92 Å². The Hall–Kier alpha value is -0.980. The third-order valence-electron chi connectivity index (χ3n) is 3.85. The number of allylic oxidation sites excluding steroid dienone is 4. The molecule has 1 saturated carbocycles. The molecule has 1 rings (SSSR count). The normalized spacial score (nSPS) is 26.8. The van der Waals surface area contributed by atoms with Crippen LogP contribution in [0.5, 0.6) is 0 Å². The predicted octanol–water partition coefficient (Wildman–Crippen LogP) is 4.58. The van der Waals surface area contributed by atoms with Gasteiger partial charge >= 0.3 is 0 Å². The van der Waals surface area contributed by atoms with Crippen molar-refractivity contribution in [3.05, 3.63) is 36.1 Å². The van der Waals surface area contributed by atoms with Crippen molar-refractivity contribution in [3.63, 3.8) is 0 Å². The Morgan fingerprint density at radius 2 is 1.94 bits per heavy atom. The number of nitrogens with one attached hydrogen (secondary N) is 1. The monoisotopic (exact) mass is 233 g/mol. The largest absolute Gasteiger partial charge is 0.382 e. The van der Waals surface area contributed by atoms with E-state index in [1.165, 1.54) is 43.4 Å². The number of hydrogen-bond donors (Lipinski definition) is 1. The molecule has 1 aliphatic rings. The maximum Gasteiger partial charge on any atom is 0.0338 e. The summed E-state index contributed by atoms with van der Waals surface area (Å²) in [4.78, 5) is 0. The summed E-state index contributed by atoms with van der Waals surface area (Å²) >= 11 is 0. The fraction of sp³-hybridized carbons (Fsp3) is 0.625. The van der Waals surface area contributed by atoms with Crippen LogP contribution in [0.25, 0.3) is 0 Å². The molecule has 0 atom stereocenters. The molecule has 0 spiro atoms. The molecule has 0 unspecified atom stereocenters. The average molecular weight is 233 g/mol. The van der Waals surface area contributed by atoms with Crippen molar-refractivity contribution in [2.45, 2.75) is 58.9 Å². The van der Waals surface area contributed by atoms with Crippen LogP contribution in [0, 0.1) is 5.92 Å². The Morgan fingerprint density at radius 3 is 2.41 bits per heavy atom. The second kappa shape index (κ2) is 7.37. The van der Waals surface area contributed by atoms with Crippen LogP contribution < -0.4 is 5.32 Å². The van der Waals surface area contributed by atoms with Gasteiger partial charge in [0.15, 0.2) is 0 Å². The topological polar surface area (TPSA) is 12.0 Å². The maximum absolute atomic E-state index is 3.89. The molecule has 0 heterocycles. The number of rotatable bonds is 5. The lowest BCUT2D eigenvalue weighted by Crippen LogP contribution is -2.32. The zero-order valence-corrected chi connectivity index (χ0v) is 11.6. The van der Waals surface area contributed by atoms with E-state index in [9.17, 15) is 0 Å². The van der Waals surface area contributed by atoms with E-state index in [4.69, 9.17) is 0 Å². The molecule has 1 N–H and O–H groups in total. The first-order valence-corrected chi connectivity index (χ1v) is 6.93. The van der Waals surface area contributed by atoms with E-state index in [1.54, 1.807) is 0 Å². The van der Waals surface area contributed by atoms with Gasteiger partial charge in [-0.1, -0.05) is 31.6 Å². The maximum atomic E-state index is 3.89. The minimum absolute atomic E-state index is 0.645. The molecular weight excluding hydrogens is 206 g/mol. The molecule has 0 saturated heterocycles. The molecule has 1 nitrogen and oxygen atoms in total. The number of hydrogen-bond acceptors (Lipinski definition) is 1. The van der Waals surface area contributed by atoms with E-state index in [2.05, 4.69) is 44.8 Å². The van der Waals surface area contributed by atoms with Crippen LogP contribution in [-0.2, 0) is 0 Å². The van der Waals surface area contributed by atoms with Crippen LogP contribution in [0.2, 0.25) is 0 Å². The fourth-order valence-electron chi connectivity index (χ4n) is 2.44. The molecular formula is C16H27N. The molecule has 0 aromatic heterocycles. The third-order valence-corrected chi connectivity index (χ3v) is 3.85. The zero-order valence-electron chi connectivity index (χ0n) is 11.6. The molecule has 17 heavy (non-hydrogen) atoms. The van der Waals surface area contributed by atoms with Crippen LogP contribution >= 0.6 is 0 Å². The van der Waals surface area contributed by atoms with Crippen LogP contribution in [-0.4, -0.2) is 6.04 Å². The van der Waals surface area contributed by atoms with Crippen LogP contribution in [0.1, 0.15) is 52.9 Å². The van der Waals surface area contributed by atoms with Crippen molar-refractivity contribution >= 4 is 0 Å². The van der Waals surface area contributed by atoms with E-state index in [0.29, 0.717) is 6.04 Å². The highest BCUT2D eigenvalue weighted by molar-refractivity contribution is 5.26. The summed E-state index contributed by atoms with van der Waals surface area (Å²) < 4.78 is 0. The van der Waals surface area contributed by atoms with Crippen molar-refractivity contribution in [2.75, 3.05) is 0 Å². The molecule has 1 heteroatoms. The van der Waals surface area contributed by atoms with Gasteiger partial charge in [0.05, 0.1) is 0 Å². The first kappa shape index (κ1) is 14.1. The van der Waals surface area contributed by atoms with Crippen LogP contribution in [0.3, 0.4) is 0 Å². The van der Waals surface area contributed by atoms with E-state index >= 15 is 0 Å². The Bertz CT molecular complexity index is 291. The second-order valence-electron chi connectivity index (χ2n) is 5.11. The van der Waals surface area contributed by atoms with Gasteiger partial charge in [0, 0.05) is 11.7 Å². The van der Waals surface area contributed by atoms with Gasteiger partial charge < -0.3 is 5.32 Å². The third kappa shape index (κ3) is 4.80. The van der Waals surface area contributed by atoms with Crippen LogP contribution in [0.15, 0.2) is 36.1 Å². The summed E-state index contributed by atoms with van der Waals surface area (Å²) in [6.45, 7) is 10.4. The zero-order chi connectivity index (χ0) is 12.7. The van der Waals surface area contributed by atoms with Crippen molar-refractivity contribution in [3.8, 4) is 0 Å². The van der Waals surface area contributed by atoms with Gasteiger partial charge in [-0.2, -0.15) is 0 Å². The van der Waals surface area contributed by atoms with Gasteiger partial charge in [-0.05, 0) is 57.6 Å². The first-order chi connectivity index (χ1) is 8.19. The average Bonchev–Trinajstić information content (AvgIpc) is 2.38. The molecule has 96 valence electrons. The minimum atomic E-state index is 0.645. The minimum Gasteiger partial charge on any atom is -0.382 e. The predicted molar refractivity (Wildman–Crippen MR) is 76.9 cm³/mol. The summed E-state index contributed by atoms with van der Waals surface area (Å²) in [7, 11) is 0. The SMILES string of the molecule is C=C/C(=C\C(C)=C/C)NC1CCC(CC)CC1. The van der Waals surface area contributed by atoms with Gasteiger partial charge in [-0.25, -0.2) is 0 Å². The Balaban J connectivity index is 2.48. The van der Waals surface area contributed by atoms with Gasteiger partial charge in [0.1, 0.15) is 0 Å². The summed E-state index contributed by atoms with van der Waals surface area (Å²) in [6.07, 6.45) is 12.9. The highest BCUT2D eigenvalue weighted by Crippen LogP contribution is 2.27. The van der Waals surface area contributed by atoms with E-state index < -0.39 is 0 Å². The Morgan fingerprint density at radius 1 is 1.29 bits per heavy atom. The van der Waals surface area contributed by atoms with Crippen molar-refractivity contribution in [1.29, 1.82) is 0 Å². The molecule has 0 aromatic carbocycles. The van der Waals surface area contributed by atoms with Gasteiger partial charge in [0.25, 0.3) is 0 Å². The lowest BCUT2D eigenvalue weighted by molar-refractivity contribution is 0.298. The quantitative estimate of drug-likeness (QED) is 0.685. The van der Waals surface area contributed by atoms with Crippen molar-refractivity contribution < 1.29 is 0 Å². The first-order valence-electron chi connectivity index (χ1n) is 6.93. The molecule has 0 bridgehead atoms. The molecule has 1 aliphatic carbocycles. The van der Waals surface area contributed by atoms with E-state index in [0.717, 1.165) is 5.92 Å².